The summed E-state index contributed by atoms with van der Waals surface area (Å²) in [6, 6.07) is 0.184. The average molecular weight is 157 g/mol. The smallest absolute Gasteiger partial charge is 0.182 e. The van der Waals surface area contributed by atoms with Crippen molar-refractivity contribution in [3.8, 4) is 0 Å². The lowest BCUT2D eigenvalue weighted by Crippen LogP contribution is -2.25. The Morgan fingerprint density at radius 1 is 1.90 bits per heavy atom. The lowest BCUT2D eigenvalue weighted by atomic mass is 10.4. The topological polar surface area (TPSA) is 50.9 Å². The van der Waals surface area contributed by atoms with Crippen molar-refractivity contribution in [2.45, 2.75) is 13.0 Å². The number of aromatic nitrogens is 1. The van der Waals surface area contributed by atoms with Crippen LogP contribution in [0.2, 0.25) is 0 Å². The normalized spacial score (nSPS) is 13.0. The Labute approximate surface area is 64.3 Å². The van der Waals surface area contributed by atoms with E-state index in [1.807, 2.05) is 12.3 Å². The molecular formula is C6H11N3S. The Hall–Kier alpha value is -0.610. The summed E-state index contributed by atoms with van der Waals surface area (Å²) in [5.41, 5.74) is 5.52. The molecule has 4 heteroatoms. The second kappa shape index (κ2) is 3.53. The molecule has 0 spiro atoms. The zero-order chi connectivity index (χ0) is 7.40. The molecule has 0 saturated heterocycles. The molecule has 0 fully saturated rings. The standard InChI is InChI=1S/C6H11N3S/c1-5(7)4-9-6-8-2-3-10-6/h2-3,5H,4,7H2,1H3,(H,8,9). The Bertz CT molecular complexity index is 171. The third kappa shape index (κ3) is 2.33. The van der Waals surface area contributed by atoms with Crippen molar-refractivity contribution in [3.05, 3.63) is 11.6 Å². The van der Waals surface area contributed by atoms with Crippen LogP contribution in [0.4, 0.5) is 5.13 Å². The summed E-state index contributed by atoms with van der Waals surface area (Å²) < 4.78 is 0. The second-order valence-electron chi connectivity index (χ2n) is 2.20. The highest BCUT2D eigenvalue weighted by Gasteiger charge is 1.94. The van der Waals surface area contributed by atoms with Crippen LogP contribution in [0.1, 0.15) is 6.92 Å². The molecule has 0 amide bonds. The van der Waals surface area contributed by atoms with Crippen LogP contribution in [0.5, 0.6) is 0 Å². The summed E-state index contributed by atoms with van der Waals surface area (Å²) in [7, 11) is 0. The van der Waals surface area contributed by atoms with Gasteiger partial charge in [0, 0.05) is 24.2 Å². The van der Waals surface area contributed by atoms with Crippen LogP contribution in [-0.2, 0) is 0 Å². The van der Waals surface area contributed by atoms with Crippen molar-refractivity contribution >= 4 is 16.5 Å². The monoisotopic (exact) mass is 157 g/mol. The molecule has 0 aliphatic rings. The van der Waals surface area contributed by atoms with Gasteiger partial charge in [0.15, 0.2) is 5.13 Å². The zero-order valence-corrected chi connectivity index (χ0v) is 6.69. The molecule has 3 nitrogen and oxygen atoms in total. The van der Waals surface area contributed by atoms with E-state index in [0.29, 0.717) is 0 Å². The molecule has 1 unspecified atom stereocenters. The number of nitrogens with zero attached hydrogens (tertiary/aromatic N) is 1. The van der Waals surface area contributed by atoms with Gasteiger partial charge in [-0.25, -0.2) is 4.98 Å². The Morgan fingerprint density at radius 2 is 2.70 bits per heavy atom. The van der Waals surface area contributed by atoms with Crippen molar-refractivity contribution < 1.29 is 0 Å². The van der Waals surface area contributed by atoms with Crippen LogP contribution >= 0.6 is 11.3 Å². The van der Waals surface area contributed by atoms with Gasteiger partial charge in [-0.2, -0.15) is 0 Å². The third-order valence-corrected chi connectivity index (χ3v) is 1.74. The number of rotatable bonds is 3. The highest BCUT2D eigenvalue weighted by molar-refractivity contribution is 7.13. The molecule has 0 radical (unpaired) electrons. The molecule has 3 N–H and O–H groups in total. The summed E-state index contributed by atoms with van der Waals surface area (Å²) in [6.45, 7) is 2.74. The maximum Gasteiger partial charge on any atom is 0.182 e. The Kier molecular flexibility index (Phi) is 2.65. The summed E-state index contributed by atoms with van der Waals surface area (Å²) >= 11 is 1.59. The largest absolute Gasteiger partial charge is 0.360 e. The first-order valence-electron chi connectivity index (χ1n) is 3.18. The maximum atomic E-state index is 5.52. The summed E-state index contributed by atoms with van der Waals surface area (Å²) in [4.78, 5) is 4.04. The molecule has 56 valence electrons. The summed E-state index contributed by atoms with van der Waals surface area (Å²) in [5.74, 6) is 0. The lowest BCUT2D eigenvalue weighted by Gasteiger charge is -2.04. The zero-order valence-electron chi connectivity index (χ0n) is 5.87. The SMILES string of the molecule is CC(N)CNc1nccs1. The van der Waals surface area contributed by atoms with E-state index in [4.69, 9.17) is 5.73 Å². The molecule has 1 rings (SSSR count). The van der Waals surface area contributed by atoms with E-state index in [1.54, 1.807) is 17.5 Å². The van der Waals surface area contributed by atoms with Gasteiger partial charge in [-0.15, -0.1) is 11.3 Å². The Balaban J connectivity index is 2.28. The molecule has 10 heavy (non-hydrogen) atoms. The number of nitrogens with one attached hydrogen (secondary N) is 1. The van der Waals surface area contributed by atoms with E-state index >= 15 is 0 Å². The van der Waals surface area contributed by atoms with E-state index in [-0.39, 0.29) is 6.04 Å². The average Bonchev–Trinajstić information content (AvgIpc) is 2.34. The fourth-order valence-electron chi connectivity index (χ4n) is 0.559. The molecule has 0 aliphatic heterocycles. The minimum absolute atomic E-state index is 0.184. The van der Waals surface area contributed by atoms with Crippen LogP contribution in [0.25, 0.3) is 0 Å². The number of hydrogen-bond donors (Lipinski definition) is 2. The van der Waals surface area contributed by atoms with Crippen molar-refractivity contribution in [2.24, 2.45) is 5.73 Å². The summed E-state index contributed by atoms with van der Waals surface area (Å²) in [6.07, 6.45) is 1.77. The fourth-order valence-corrected chi connectivity index (χ4v) is 1.10. The first-order valence-corrected chi connectivity index (χ1v) is 4.06. The number of anilines is 1. The Morgan fingerprint density at radius 3 is 3.20 bits per heavy atom. The van der Waals surface area contributed by atoms with Gasteiger partial charge < -0.3 is 11.1 Å². The van der Waals surface area contributed by atoms with Crippen LogP contribution in [-0.4, -0.2) is 17.6 Å². The first kappa shape index (κ1) is 7.50. The quantitative estimate of drug-likeness (QED) is 0.685. The molecule has 1 heterocycles. The van der Waals surface area contributed by atoms with Gasteiger partial charge >= 0.3 is 0 Å². The molecule has 0 aromatic carbocycles. The highest BCUT2D eigenvalue weighted by Crippen LogP contribution is 2.09. The fraction of sp³-hybridized carbons (Fsp3) is 0.500. The molecule has 1 aromatic heterocycles. The molecule has 0 saturated carbocycles. The van der Waals surface area contributed by atoms with E-state index < -0.39 is 0 Å². The van der Waals surface area contributed by atoms with Crippen LogP contribution in [0.3, 0.4) is 0 Å². The number of thiazole rings is 1. The van der Waals surface area contributed by atoms with Crippen molar-refractivity contribution in [1.29, 1.82) is 0 Å². The third-order valence-electron chi connectivity index (χ3n) is 1.01. The lowest BCUT2D eigenvalue weighted by molar-refractivity contribution is 0.779. The molecule has 1 aromatic rings. The molecule has 0 aliphatic carbocycles. The van der Waals surface area contributed by atoms with Gasteiger partial charge in [-0.05, 0) is 6.92 Å². The second-order valence-corrected chi connectivity index (χ2v) is 3.09. The predicted octanol–water partition coefficient (Wildman–Crippen LogP) is 0.902. The van der Waals surface area contributed by atoms with Gasteiger partial charge in [0.05, 0.1) is 0 Å². The van der Waals surface area contributed by atoms with Crippen molar-refractivity contribution in [3.63, 3.8) is 0 Å². The molecular weight excluding hydrogens is 146 g/mol. The van der Waals surface area contributed by atoms with Gasteiger partial charge in [0.25, 0.3) is 0 Å². The van der Waals surface area contributed by atoms with Gasteiger partial charge in [0.1, 0.15) is 0 Å². The van der Waals surface area contributed by atoms with Crippen LogP contribution in [0.15, 0.2) is 11.6 Å². The predicted molar refractivity (Wildman–Crippen MR) is 44.3 cm³/mol. The van der Waals surface area contributed by atoms with Crippen LogP contribution < -0.4 is 11.1 Å². The van der Waals surface area contributed by atoms with Crippen molar-refractivity contribution in [1.82, 2.24) is 4.98 Å². The van der Waals surface area contributed by atoms with E-state index in [0.717, 1.165) is 11.7 Å². The highest BCUT2D eigenvalue weighted by atomic mass is 32.1. The van der Waals surface area contributed by atoms with Gasteiger partial charge in [0.2, 0.25) is 0 Å². The van der Waals surface area contributed by atoms with Crippen LogP contribution in [0, 0.1) is 0 Å². The first-order chi connectivity index (χ1) is 4.79. The van der Waals surface area contributed by atoms with Crippen molar-refractivity contribution in [2.75, 3.05) is 11.9 Å². The molecule has 0 bridgehead atoms. The number of hydrogen-bond acceptors (Lipinski definition) is 4. The van der Waals surface area contributed by atoms with Gasteiger partial charge in [-0.3, -0.25) is 0 Å². The minimum Gasteiger partial charge on any atom is -0.360 e. The maximum absolute atomic E-state index is 5.52. The van der Waals surface area contributed by atoms with E-state index in [2.05, 4.69) is 10.3 Å². The molecule has 1 atom stereocenters. The van der Waals surface area contributed by atoms with Gasteiger partial charge in [-0.1, -0.05) is 0 Å². The van der Waals surface area contributed by atoms with E-state index in [9.17, 15) is 0 Å². The van der Waals surface area contributed by atoms with E-state index in [1.165, 1.54) is 0 Å². The number of nitrogens with two attached hydrogens (primary N) is 1. The summed E-state index contributed by atoms with van der Waals surface area (Å²) in [5, 5.41) is 5.98. The minimum atomic E-state index is 0.184.